The van der Waals surface area contributed by atoms with Gasteiger partial charge in [-0.15, -0.1) is 0 Å². The van der Waals surface area contributed by atoms with Gasteiger partial charge in [-0.2, -0.15) is 9.49 Å². The van der Waals surface area contributed by atoms with Gasteiger partial charge >= 0.3 is 6.09 Å². The van der Waals surface area contributed by atoms with E-state index in [1.54, 1.807) is 7.05 Å². The van der Waals surface area contributed by atoms with Gasteiger partial charge in [-0.25, -0.2) is 24.1 Å². The zero-order valence-electron chi connectivity index (χ0n) is 14.2. The maximum Gasteiger partial charge on any atom is 0.413 e. The van der Waals surface area contributed by atoms with Gasteiger partial charge < -0.3 is 9.84 Å². The standard InChI is InChI=1S/C16H14F2N6O3/c1-8(11-3-9(17)4-19-13(11)18)27-16(26)23-15-12(7-22-24(15)2)14-20-5-10(25)6-21-14/h3-8,25H,1-2H3,(H,23,26)/t8-/m1/s1. The van der Waals surface area contributed by atoms with Crippen molar-refractivity contribution in [3.05, 3.63) is 48.2 Å². The van der Waals surface area contributed by atoms with Gasteiger partial charge in [-0.3, -0.25) is 10.00 Å². The molecule has 0 unspecified atom stereocenters. The molecule has 0 aliphatic carbocycles. The minimum absolute atomic E-state index is 0.115. The minimum atomic E-state index is -1.09. The number of hydrogen-bond donors (Lipinski definition) is 2. The molecule has 0 saturated heterocycles. The van der Waals surface area contributed by atoms with Crippen LogP contribution in [0, 0.1) is 11.8 Å². The molecule has 27 heavy (non-hydrogen) atoms. The van der Waals surface area contributed by atoms with Crippen molar-refractivity contribution in [3.8, 4) is 17.1 Å². The Morgan fingerprint density at radius 2 is 1.93 bits per heavy atom. The second-order valence-electron chi connectivity index (χ2n) is 5.50. The molecule has 1 amide bonds. The van der Waals surface area contributed by atoms with Crippen LogP contribution in [0.25, 0.3) is 11.4 Å². The number of aromatic nitrogens is 5. The lowest BCUT2D eigenvalue weighted by molar-refractivity contribution is 0.118. The summed E-state index contributed by atoms with van der Waals surface area (Å²) in [6.07, 6.45) is 2.52. The molecule has 11 heteroatoms. The van der Waals surface area contributed by atoms with Crippen LogP contribution >= 0.6 is 0 Å². The third-order valence-corrected chi connectivity index (χ3v) is 3.59. The average molecular weight is 376 g/mol. The lowest BCUT2D eigenvalue weighted by atomic mass is 10.2. The van der Waals surface area contributed by atoms with Crippen LogP contribution in [-0.4, -0.2) is 35.9 Å². The van der Waals surface area contributed by atoms with Gasteiger partial charge in [0, 0.05) is 7.05 Å². The number of carbonyl (C=O) groups excluding carboxylic acids is 1. The molecule has 1 atom stereocenters. The number of anilines is 1. The molecule has 3 heterocycles. The number of pyridine rings is 1. The topological polar surface area (TPSA) is 115 Å². The molecule has 3 aromatic rings. The highest BCUT2D eigenvalue weighted by atomic mass is 19.1. The van der Waals surface area contributed by atoms with Crippen molar-refractivity contribution in [1.82, 2.24) is 24.7 Å². The SMILES string of the molecule is C[C@@H](OC(=O)Nc1c(-c2ncc(O)cn2)cnn1C)c1cc(F)cnc1F. The smallest absolute Gasteiger partial charge is 0.413 e. The summed E-state index contributed by atoms with van der Waals surface area (Å²) in [5.74, 6) is -1.37. The fourth-order valence-corrected chi connectivity index (χ4v) is 2.28. The van der Waals surface area contributed by atoms with Gasteiger partial charge in [-0.1, -0.05) is 0 Å². The zero-order chi connectivity index (χ0) is 19.6. The summed E-state index contributed by atoms with van der Waals surface area (Å²) in [6, 6.07) is 0.903. The Morgan fingerprint density at radius 3 is 2.63 bits per heavy atom. The van der Waals surface area contributed by atoms with E-state index in [1.807, 2.05) is 0 Å². The van der Waals surface area contributed by atoms with Crippen LogP contribution in [0.3, 0.4) is 0 Å². The van der Waals surface area contributed by atoms with Crippen molar-refractivity contribution in [2.45, 2.75) is 13.0 Å². The molecule has 0 aromatic carbocycles. The van der Waals surface area contributed by atoms with Gasteiger partial charge in [0.1, 0.15) is 17.7 Å². The summed E-state index contributed by atoms with van der Waals surface area (Å²) in [7, 11) is 1.57. The molecular weight excluding hydrogens is 362 g/mol. The molecule has 9 nitrogen and oxygen atoms in total. The van der Waals surface area contributed by atoms with Crippen molar-refractivity contribution in [3.63, 3.8) is 0 Å². The first-order chi connectivity index (χ1) is 12.8. The summed E-state index contributed by atoms with van der Waals surface area (Å²) in [5.41, 5.74) is 0.179. The molecule has 140 valence electrons. The molecule has 0 radical (unpaired) electrons. The van der Waals surface area contributed by atoms with Gasteiger partial charge in [0.25, 0.3) is 0 Å². The highest BCUT2D eigenvalue weighted by Crippen LogP contribution is 2.26. The Balaban J connectivity index is 1.77. The number of aromatic hydroxyl groups is 1. The second kappa shape index (κ2) is 7.32. The van der Waals surface area contributed by atoms with Crippen molar-refractivity contribution in [1.29, 1.82) is 0 Å². The molecular formula is C16H14F2N6O3. The Hall–Kier alpha value is -3.63. The molecule has 0 bridgehead atoms. The van der Waals surface area contributed by atoms with E-state index in [1.165, 1.54) is 30.2 Å². The Bertz CT molecular complexity index is 977. The number of amides is 1. The zero-order valence-corrected chi connectivity index (χ0v) is 14.2. The van der Waals surface area contributed by atoms with E-state index in [9.17, 15) is 18.7 Å². The number of aryl methyl sites for hydroxylation is 1. The number of halogens is 2. The van der Waals surface area contributed by atoms with Crippen molar-refractivity contribution in [2.75, 3.05) is 5.32 Å². The molecule has 0 aliphatic rings. The van der Waals surface area contributed by atoms with Crippen LogP contribution in [0.2, 0.25) is 0 Å². The number of nitrogens with zero attached hydrogens (tertiary/aromatic N) is 5. The molecule has 3 rings (SSSR count). The first-order valence-electron chi connectivity index (χ1n) is 7.67. The highest BCUT2D eigenvalue weighted by Gasteiger charge is 2.20. The molecule has 0 fully saturated rings. The van der Waals surface area contributed by atoms with E-state index in [2.05, 4.69) is 25.4 Å². The van der Waals surface area contributed by atoms with Crippen molar-refractivity contribution >= 4 is 11.9 Å². The maximum absolute atomic E-state index is 13.7. The minimum Gasteiger partial charge on any atom is -0.505 e. The summed E-state index contributed by atoms with van der Waals surface area (Å²) in [6.45, 7) is 1.38. The molecule has 2 N–H and O–H groups in total. The fourth-order valence-electron chi connectivity index (χ4n) is 2.28. The van der Waals surface area contributed by atoms with E-state index in [0.29, 0.717) is 5.56 Å². The van der Waals surface area contributed by atoms with Crippen LogP contribution in [-0.2, 0) is 11.8 Å². The molecule has 3 aromatic heterocycles. The Labute approximate surface area is 151 Å². The maximum atomic E-state index is 13.7. The van der Waals surface area contributed by atoms with Gasteiger partial charge in [-0.05, 0) is 13.0 Å². The van der Waals surface area contributed by atoms with Crippen molar-refractivity contribution in [2.24, 2.45) is 7.05 Å². The quantitative estimate of drug-likeness (QED) is 0.673. The van der Waals surface area contributed by atoms with Gasteiger partial charge in [0.15, 0.2) is 11.6 Å². The number of carbonyl (C=O) groups is 1. The first kappa shape index (κ1) is 18.2. The normalized spacial score (nSPS) is 11.9. The first-order valence-corrected chi connectivity index (χ1v) is 7.67. The van der Waals surface area contributed by atoms with E-state index < -0.39 is 24.0 Å². The Morgan fingerprint density at radius 1 is 1.22 bits per heavy atom. The van der Waals surface area contributed by atoms with Crippen LogP contribution < -0.4 is 5.32 Å². The largest absolute Gasteiger partial charge is 0.505 e. The summed E-state index contributed by atoms with van der Waals surface area (Å²) in [5, 5.41) is 15.8. The molecule has 0 spiro atoms. The predicted molar refractivity (Wildman–Crippen MR) is 88.6 cm³/mol. The van der Waals surface area contributed by atoms with E-state index in [4.69, 9.17) is 4.74 Å². The van der Waals surface area contributed by atoms with Crippen LogP contribution in [0.5, 0.6) is 5.75 Å². The average Bonchev–Trinajstić information content (AvgIpc) is 2.98. The lowest BCUT2D eigenvalue weighted by Gasteiger charge is -2.15. The summed E-state index contributed by atoms with van der Waals surface area (Å²) in [4.78, 5) is 23.3. The third kappa shape index (κ3) is 3.97. The molecule has 0 saturated carbocycles. The highest BCUT2D eigenvalue weighted by molar-refractivity contribution is 5.88. The second-order valence-corrected chi connectivity index (χ2v) is 5.50. The third-order valence-electron chi connectivity index (χ3n) is 3.59. The van der Waals surface area contributed by atoms with Crippen LogP contribution in [0.4, 0.5) is 19.4 Å². The predicted octanol–water partition coefficient (Wildman–Crippen LogP) is 2.57. The van der Waals surface area contributed by atoms with Crippen LogP contribution in [0.15, 0.2) is 30.9 Å². The van der Waals surface area contributed by atoms with E-state index in [-0.39, 0.29) is 23.0 Å². The number of hydrogen-bond acceptors (Lipinski definition) is 7. The summed E-state index contributed by atoms with van der Waals surface area (Å²) >= 11 is 0. The van der Waals surface area contributed by atoms with E-state index in [0.717, 1.165) is 12.3 Å². The molecule has 0 aliphatic heterocycles. The van der Waals surface area contributed by atoms with Gasteiger partial charge in [0.05, 0.1) is 35.9 Å². The fraction of sp³-hybridized carbons (Fsp3) is 0.188. The number of ether oxygens (including phenoxy) is 1. The monoisotopic (exact) mass is 376 g/mol. The Kier molecular flexibility index (Phi) is 4.92. The van der Waals surface area contributed by atoms with Gasteiger partial charge in [0.2, 0.25) is 5.95 Å². The van der Waals surface area contributed by atoms with Crippen LogP contribution in [0.1, 0.15) is 18.6 Å². The van der Waals surface area contributed by atoms with Crippen molar-refractivity contribution < 1.29 is 23.4 Å². The number of rotatable bonds is 4. The number of nitrogens with one attached hydrogen (secondary N) is 1. The summed E-state index contributed by atoms with van der Waals surface area (Å²) < 4.78 is 33.4. The lowest BCUT2D eigenvalue weighted by Crippen LogP contribution is -2.19. The van der Waals surface area contributed by atoms with E-state index >= 15 is 0 Å².